The topological polar surface area (TPSA) is 140 Å². The van der Waals surface area contributed by atoms with E-state index in [0.29, 0.717) is 17.3 Å². The number of ether oxygens (including phenoxy) is 2. The third-order valence-corrected chi connectivity index (χ3v) is 7.55. The van der Waals surface area contributed by atoms with Crippen LogP contribution in [0.15, 0.2) is 18.2 Å². The number of hydrogen-bond acceptors (Lipinski definition) is 9. The first-order chi connectivity index (χ1) is 19.9. The van der Waals surface area contributed by atoms with Crippen LogP contribution in [0.2, 0.25) is 5.28 Å². The Kier molecular flexibility index (Phi) is 8.80. The van der Waals surface area contributed by atoms with Crippen LogP contribution in [0, 0.1) is 10.1 Å². The number of anilines is 1. The largest absolute Gasteiger partial charge is 0.444 e. The summed E-state index contributed by atoms with van der Waals surface area (Å²) < 4.78 is 51.5. The SMILES string of the molecule is COC1(C(=O)N2Cc3nc(Cl)nc(NC(C)c4cc([N+](=O)[O-])cc(C(F)(F)F)c4)c3C2)CCN(C(=O)OC(C)(C)C)CC1. The molecule has 0 spiro atoms. The first kappa shape index (κ1) is 32.2. The number of nitro groups is 1. The second-order valence-corrected chi connectivity index (χ2v) is 11.9. The molecule has 0 aliphatic carbocycles. The van der Waals surface area contributed by atoms with Gasteiger partial charge in [0, 0.05) is 50.7 Å². The van der Waals surface area contributed by atoms with Crippen molar-refractivity contribution in [2.45, 2.75) is 77.0 Å². The number of piperidine rings is 1. The molecule has 1 fully saturated rings. The minimum atomic E-state index is -4.79. The Bertz CT molecular complexity index is 1430. The summed E-state index contributed by atoms with van der Waals surface area (Å²) in [5.74, 6) is -0.135. The van der Waals surface area contributed by atoms with Crippen LogP contribution in [0.25, 0.3) is 0 Å². The number of amides is 2. The molecule has 16 heteroatoms. The summed E-state index contributed by atoms with van der Waals surface area (Å²) in [6.45, 7) is 7.46. The third-order valence-electron chi connectivity index (χ3n) is 7.38. The van der Waals surface area contributed by atoms with Gasteiger partial charge in [-0.2, -0.15) is 13.2 Å². The number of likely N-dealkylation sites (tertiary alicyclic amines) is 1. The van der Waals surface area contributed by atoms with Crippen LogP contribution in [0.1, 0.15) is 69.0 Å². The van der Waals surface area contributed by atoms with Crippen LogP contribution in [0.3, 0.4) is 0 Å². The highest BCUT2D eigenvalue weighted by atomic mass is 35.5. The average Bonchev–Trinajstić information content (AvgIpc) is 3.35. The number of carbonyl (C=O) groups excluding carboxylic acids is 2. The van der Waals surface area contributed by atoms with Gasteiger partial charge in [0.25, 0.3) is 11.6 Å². The van der Waals surface area contributed by atoms with E-state index in [-0.39, 0.29) is 61.6 Å². The quantitative estimate of drug-likeness (QED) is 0.250. The van der Waals surface area contributed by atoms with Gasteiger partial charge >= 0.3 is 12.3 Å². The molecule has 1 N–H and O–H groups in total. The Hall–Kier alpha value is -3.72. The molecular weight excluding hydrogens is 597 g/mol. The summed E-state index contributed by atoms with van der Waals surface area (Å²) in [4.78, 5) is 48.2. The first-order valence-electron chi connectivity index (χ1n) is 13.4. The lowest BCUT2D eigenvalue weighted by atomic mass is 9.89. The summed E-state index contributed by atoms with van der Waals surface area (Å²) in [5.41, 5.74) is -2.77. The summed E-state index contributed by atoms with van der Waals surface area (Å²) in [6, 6.07) is 1.50. The van der Waals surface area contributed by atoms with Crippen molar-refractivity contribution in [1.29, 1.82) is 0 Å². The molecule has 1 aromatic carbocycles. The van der Waals surface area contributed by atoms with Crippen molar-refractivity contribution in [3.63, 3.8) is 0 Å². The van der Waals surface area contributed by atoms with Crippen molar-refractivity contribution < 1.29 is 37.2 Å². The molecule has 0 saturated carbocycles. The van der Waals surface area contributed by atoms with Crippen LogP contribution < -0.4 is 5.32 Å². The van der Waals surface area contributed by atoms with Gasteiger partial charge < -0.3 is 24.6 Å². The summed E-state index contributed by atoms with van der Waals surface area (Å²) >= 11 is 6.15. The Labute approximate surface area is 250 Å². The van der Waals surface area contributed by atoms with Crippen molar-refractivity contribution in [2.24, 2.45) is 0 Å². The molecule has 0 radical (unpaired) electrons. The molecule has 4 rings (SSSR count). The number of fused-ring (bicyclic) bond motifs is 1. The molecule has 1 atom stereocenters. The van der Waals surface area contributed by atoms with Gasteiger partial charge in [-0.15, -0.1) is 0 Å². The molecule has 0 bridgehead atoms. The Morgan fingerprint density at radius 2 is 1.77 bits per heavy atom. The van der Waals surface area contributed by atoms with Crippen LogP contribution in [-0.4, -0.2) is 68.1 Å². The predicted octanol–water partition coefficient (Wildman–Crippen LogP) is 5.49. The summed E-state index contributed by atoms with van der Waals surface area (Å²) in [5, 5.41) is 14.1. The zero-order valence-corrected chi connectivity index (χ0v) is 25.0. The number of benzene rings is 1. The smallest absolute Gasteiger partial charge is 0.416 e. The molecule has 2 aliphatic rings. The fourth-order valence-electron chi connectivity index (χ4n) is 5.10. The Balaban J connectivity index is 1.53. The van der Waals surface area contributed by atoms with Gasteiger partial charge in [0.15, 0.2) is 0 Å². The van der Waals surface area contributed by atoms with Gasteiger partial charge in [-0.1, -0.05) is 0 Å². The fourth-order valence-corrected chi connectivity index (χ4v) is 5.29. The van der Waals surface area contributed by atoms with E-state index in [1.54, 1.807) is 20.8 Å². The molecule has 2 amide bonds. The maximum Gasteiger partial charge on any atom is 0.416 e. The van der Waals surface area contributed by atoms with E-state index in [2.05, 4.69) is 15.3 Å². The molecule has 3 heterocycles. The third kappa shape index (κ3) is 7.09. The van der Waals surface area contributed by atoms with Crippen LogP contribution >= 0.6 is 11.6 Å². The molecular formula is C27H32ClF3N6O6. The highest BCUT2D eigenvalue weighted by Crippen LogP contribution is 2.37. The van der Waals surface area contributed by atoms with Crippen molar-refractivity contribution in [1.82, 2.24) is 19.8 Å². The lowest BCUT2D eigenvalue weighted by molar-refractivity contribution is -0.385. The number of hydrogen-bond donors (Lipinski definition) is 1. The van der Waals surface area contributed by atoms with Gasteiger partial charge in [-0.05, 0) is 50.9 Å². The van der Waals surface area contributed by atoms with Gasteiger partial charge in [-0.3, -0.25) is 14.9 Å². The predicted molar refractivity (Wildman–Crippen MR) is 148 cm³/mol. The number of nitrogens with one attached hydrogen (secondary N) is 1. The monoisotopic (exact) mass is 628 g/mol. The maximum absolute atomic E-state index is 13.8. The highest BCUT2D eigenvalue weighted by Gasteiger charge is 2.47. The van der Waals surface area contributed by atoms with Crippen LogP contribution in [0.4, 0.5) is 29.5 Å². The first-order valence-corrected chi connectivity index (χ1v) is 13.8. The minimum Gasteiger partial charge on any atom is -0.444 e. The molecule has 1 aromatic heterocycles. The van der Waals surface area contributed by atoms with Crippen molar-refractivity contribution in [2.75, 3.05) is 25.5 Å². The number of carbonyl (C=O) groups is 2. The number of halogens is 4. The van der Waals surface area contributed by atoms with Gasteiger partial charge in [-0.25, -0.2) is 14.8 Å². The maximum atomic E-state index is 13.8. The molecule has 2 aliphatic heterocycles. The average molecular weight is 629 g/mol. The van der Waals surface area contributed by atoms with E-state index in [0.717, 1.165) is 12.1 Å². The van der Waals surface area contributed by atoms with Crippen molar-refractivity contribution in [3.8, 4) is 0 Å². The normalized spacial score (nSPS) is 17.3. The molecule has 12 nitrogen and oxygen atoms in total. The number of nitrogens with zero attached hydrogens (tertiary/aromatic N) is 5. The molecule has 234 valence electrons. The Morgan fingerprint density at radius 1 is 1.12 bits per heavy atom. The number of aromatic nitrogens is 2. The van der Waals surface area contributed by atoms with Crippen molar-refractivity contribution >= 4 is 35.1 Å². The molecule has 2 aromatic rings. The van der Waals surface area contributed by atoms with E-state index in [1.807, 2.05) is 0 Å². The summed E-state index contributed by atoms with van der Waals surface area (Å²) in [6.07, 6.45) is -4.80. The van der Waals surface area contributed by atoms with Crippen LogP contribution in [-0.2, 0) is 33.5 Å². The van der Waals surface area contributed by atoms with Gasteiger partial charge in [0.05, 0.1) is 35.3 Å². The van der Waals surface area contributed by atoms with E-state index in [1.165, 1.54) is 23.8 Å². The van der Waals surface area contributed by atoms with E-state index in [4.69, 9.17) is 21.1 Å². The standard InChI is InChI=1S/C27H32ClF3N6O6/c1-15(16-10-17(27(29,30)31)12-18(11-16)37(40)41)32-21-19-13-36(14-20(19)33-23(28)34-21)22(38)26(42-5)6-8-35(9-7-26)24(39)43-25(2,3)4/h10-12,15H,6-9,13-14H2,1-5H3,(H,32,33,34). The van der Waals surface area contributed by atoms with E-state index >= 15 is 0 Å². The summed E-state index contributed by atoms with van der Waals surface area (Å²) in [7, 11) is 1.43. The zero-order chi connectivity index (χ0) is 31.9. The second-order valence-electron chi connectivity index (χ2n) is 11.5. The minimum absolute atomic E-state index is 0.00558. The highest BCUT2D eigenvalue weighted by molar-refractivity contribution is 6.28. The fraction of sp³-hybridized carbons (Fsp3) is 0.556. The molecule has 1 saturated heterocycles. The second kappa shape index (κ2) is 11.8. The number of non-ortho nitro benzene ring substituents is 1. The van der Waals surface area contributed by atoms with Crippen LogP contribution in [0.5, 0.6) is 0 Å². The van der Waals surface area contributed by atoms with Crippen molar-refractivity contribution in [3.05, 3.63) is 56.0 Å². The number of methoxy groups -OCH3 is 1. The van der Waals surface area contributed by atoms with E-state index in [9.17, 15) is 32.9 Å². The Morgan fingerprint density at radius 3 is 2.33 bits per heavy atom. The van der Waals surface area contributed by atoms with Gasteiger partial charge in [0.2, 0.25) is 5.28 Å². The number of rotatable bonds is 6. The zero-order valence-electron chi connectivity index (χ0n) is 24.2. The van der Waals surface area contributed by atoms with E-state index < -0.39 is 45.7 Å². The molecule has 1 unspecified atom stereocenters. The lowest BCUT2D eigenvalue weighted by Crippen LogP contribution is -2.56. The number of alkyl halides is 3. The number of nitro benzene ring substituents is 1. The van der Waals surface area contributed by atoms with Gasteiger partial charge in [0.1, 0.15) is 17.0 Å². The molecule has 43 heavy (non-hydrogen) atoms. The lowest BCUT2D eigenvalue weighted by Gasteiger charge is -2.41.